The van der Waals surface area contributed by atoms with Crippen molar-refractivity contribution < 1.29 is 5.11 Å². The molecule has 4 rings (SSSR count). The lowest BCUT2D eigenvalue weighted by molar-refractivity contribution is 0.0474. The van der Waals surface area contributed by atoms with Crippen LogP contribution < -0.4 is 5.32 Å². The normalized spacial score (nSPS) is 24.8. The van der Waals surface area contributed by atoms with Gasteiger partial charge in [-0.15, -0.1) is 0 Å². The highest BCUT2D eigenvalue weighted by Crippen LogP contribution is 2.35. The number of fused-ring (bicyclic) bond motifs is 1. The van der Waals surface area contributed by atoms with Crippen LogP contribution in [0.25, 0.3) is 0 Å². The molecule has 4 nitrogen and oxygen atoms in total. The molecule has 2 N–H and O–H groups in total. The Hall–Kier alpha value is -1.91. The first-order valence-electron chi connectivity index (χ1n) is 8.91. The summed E-state index contributed by atoms with van der Waals surface area (Å²) >= 11 is 0. The summed E-state index contributed by atoms with van der Waals surface area (Å²) in [7, 11) is 0. The van der Waals surface area contributed by atoms with Crippen molar-refractivity contribution >= 4 is 5.82 Å². The standard InChI is InChI=1S/C20H25N3O/c1-14-5-4-8-19(21-14)22-16-9-11-23(12-10-16)18-13-15-6-2-3-7-17(15)20(18)24/h2-8,16,18,20,24H,9-13H2,1H3,(H,21,22). The number of piperidine rings is 1. The van der Waals surface area contributed by atoms with Gasteiger partial charge in [0, 0.05) is 30.9 Å². The summed E-state index contributed by atoms with van der Waals surface area (Å²) in [6, 6.07) is 15.1. The van der Waals surface area contributed by atoms with Crippen LogP contribution in [-0.4, -0.2) is 40.2 Å². The summed E-state index contributed by atoms with van der Waals surface area (Å²) in [5.41, 5.74) is 3.47. The van der Waals surface area contributed by atoms with Crippen molar-refractivity contribution in [3.05, 3.63) is 59.3 Å². The van der Waals surface area contributed by atoms with E-state index in [1.54, 1.807) is 0 Å². The van der Waals surface area contributed by atoms with Gasteiger partial charge in [-0.1, -0.05) is 30.3 Å². The highest BCUT2D eigenvalue weighted by molar-refractivity contribution is 5.37. The maximum absolute atomic E-state index is 10.7. The summed E-state index contributed by atoms with van der Waals surface area (Å²) in [5, 5.41) is 14.2. The third kappa shape index (κ3) is 3.04. The fraction of sp³-hybridized carbons (Fsp3) is 0.450. The maximum atomic E-state index is 10.7. The van der Waals surface area contributed by atoms with Crippen LogP contribution in [0.15, 0.2) is 42.5 Å². The van der Waals surface area contributed by atoms with Gasteiger partial charge in [-0.05, 0) is 49.4 Å². The van der Waals surface area contributed by atoms with Crippen LogP contribution in [0, 0.1) is 6.92 Å². The van der Waals surface area contributed by atoms with E-state index >= 15 is 0 Å². The van der Waals surface area contributed by atoms with Crippen LogP contribution in [0.4, 0.5) is 5.82 Å². The molecule has 2 atom stereocenters. The Morgan fingerprint density at radius 3 is 2.62 bits per heavy atom. The summed E-state index contributed by atoms with van der Waals surface area (Å²) in [6.45, 7) is 4.07. The molecule has 126 valence electrons. The zero-order valence-corrected chi connectivity index (χ0v) is 14.2. The van der Waals surface area contributed by atoms with Crippen LogP contribution in [0.5, 0.6) is 0 Å². The van der Waals surface area contributed by atoms with Gasteiger partial charge in [0.25, 0.3) is 0 Å². The van der Waals surface area contributed by atoms with Crippen molar-refractivity contribution in [2.75, 3.05) is 18.4 Å². The van der Waals surface area contributed by atoms with E-state index in [4.69, 9.17) is 0 Å². The lowest BCUT2D eigenvalue weighted by Gasteiger charge is -2.37. The molecule has 1 aliphatic heterocycles. The van der Waals surface area contributed by atoms with Crippen molar-refractivity contribution in [2.45, 2.75) is 44.4 Å². The number of aliphatic hydroxyl groups excluding tert-OH is 1. The van der Waals surface area contributed by atoms with Gasteiger partial charge in [-0.3, -0.25) is 4.90 Å². The van der Waals surface area contributed by atoms with Gasteiger partial charge in [-0.25, -0.2) is 4.98 Å². The number of anilines is 1. The molecular weight excluding hydrogens is 298 g/mol. The predicted octanol–water partition coefficient (Wildman–Crippen LogP) is 2.92. The van der Waals surface area contributed by atoms with E-state index in [0.29, 0.717) is 6.04 Å². The molecule has 1 fully saturated rings. The number of aryl methyl sites for hydroxylation is 1. The fourth-order valence-electron chi connectivity index (χ4n) is 4.09. The minimum absolute atomic E-state index is 0.237. The largest absolute Gasteiger partial charge is 0.387 e. The van der Waals surface area contributed by atoms with Crippen molar-refractivity contribution in [1.29, 1.82) is 0 Å². The van der Waals surface area contributed by atoms with E-state index in [1.807, 2.05) is 31.2 Å². The van der Waals surface area contributed by atoms with E-state index in [-0.39, 0.29) is 12.1 Å². The molecule has 2 aromatic rings. The smallest absolute Gasteiger partial charge is 0.126 e. The van der Waals surface area contributed by atoms with E-state index in [0.717, 1.165) is 49.4 Å². The molecule has 2 unspecified atom stereocenters. The fourth-order valence-corrected chi connectivity index (χ4v) is 4.09. The van der Waals surface area contributed by atoms with Crippen molar-refractivity contribution in [1.82, 2.24) is 9.88 Å². The number of pyridine rings is 1. The van der Waals surface area contributed by atoms with E-state index < -0.39 is 0 Å². The van der Waals surface area contributed by atoms with E-state index in [9.17, 15) is 5.11 Å². The number of likely N-dealkylation sites (tertiary alicyclic amines) is 1. The zero-order chi connectivity index (χ0) is 16.5. The first-order chi connectivity index (χ1) is 11.7. The average Bonchev–Trinajstić information content (AvgIpc) is 2.93. The molecule has 0 amide bonds. The number of hydrogen-bond donors (Lipinski definition) is 2. The minimum atomic E-state index is -0.343. The zero-order valence-electron chi connectivity index (χ0n) is 14.2. The number of benzene rings is 1. The molecule has 24 heavy (non-hydrogen) atoms. The molecule has 1 aliphatic carbocycles. The average molecular weight is 323 g/mol. The summed E-state index contributed by atoms with van der Waals surface area (Å²) in [5.74, 6) is 0.974. The third-order valence-electron chi connectivity index (χ3n) is 5.41. The highest BCUT2D eigenvalue weighted by Gasteiger charge is 2.36. The van der Waals surface area contributed by atoms with Crippen molar-refractivity contribution in [3.63, 3.8) is 0 Å². The molecular formula is C20H25N3O. The summed E-state index contributed by atoms with van der Waals surface area (Å²) in [4.78, 5) is 7.00. The molecule has 1 saturated heterocycles. The topological polar surface area (TPSA) is 48.4 Å². The van der Waals surface area contributed by atoms with Crippen molar-refractivity contribution in [3.8, 4) is 0 Å². The highest BCUT2D eigenvalue weighted by atomic mass is 16.3. The number of nitrogens with zero attached hydrogens (tertiary/aromatic N) is 2. The molecule has 0 spiro atoms. The molecule has 2 aliphatic rings. The maximum Gasteiger partial charge on any atom is 0.126 e. The number of rotatable bonds is 3. The van der Waals surface area contributed by atoms with Gasteiger partial charge in [0.2, 0.25) is 0 Å². The molecule has 1 aromatic carbocycles. The molecule has 1 aromatic heterocycles. The Bertz CT molecular complexity index is 710. The number of aliphatic hydroxyl groups is 1. The molecule has 0 bridgehead atoms. The summed E-state index contributed by atoms with van der Waals surface area (Å²) < 4.78 is 0. The SMILES string of the molecule is Cc1cccc(NC2CCN(C3Cc4ccccc4C3O)CC2)n1. The molecule has 0 saturated carbocycles. The Kier molecular flexibility index (Phi) is 4.25. The van der Waals surface area contributed by atoms with Gasteiger partial charge in [0.15, 0.2) is 0 Å². The summed E-state index contributed by atoms with van der Waals surface area (Å²) in [6.07, 6.45) is 2.81. The van der Waals surface area contributed by atoms with Gasteiger partial charge < -0.3 is 10.4 Å². The quantitative estimate of drug-likeness (QED) is 0.912. The molecule has 4 heteroatoms. The Morgan fingerprint density at radius 2 is 1.88 bits per heavy atom. The number of aromatic nitrogens is 1. The Balaban J connectivity index is 1.35. The van der Waals surface area contributed by atoms with Crippen LogP contribution in [0.1, 0.15) is 35.8 Å². The van der Waals surface area contributed by atoms with Crippen molar-refractivity contribution in [2.24, 2.45) is 0 Å². The van der Waals surface area contributed by atoms with Crippen LogP contribution in [0.2, 0.25) is 0 Å². The first kappa shape index (κ1) is 15.6. The number of hydrogen-bond acceptors (Lipinski definition) is 4. The molecule has 2 heterocycles. The predicted molar refractivity (Wildman–Crippen MR) is 96.1 cm³/mol. The minimum Gasteiger partial charge on any atom is -0.387 e. The van der Waals surface area contributed by atoms with Gasteiger partial charge in [0.1, 0.15) is 5.82 Å². The van der Waals surface area contributed by atoms with Gasteiger partial charge >= 0.3 is 0 Å². The van der Waals surface area contributed by atoms with Crippen LogP contribution >= 0.6 is 0 Å². The van der Waals surface area contributed by atoms with E-state index in [2.05, 4.69) is 33.4 Å². The second kappa shape index (κ2) is 6.54. The van der Waals surface area contributed by atoms with Gasteiger partial charge in [-0.2, -0.15) is 0 Å². The van der Waals surface area contributed by atoms with E-state index in [1.165, 1.54) is 5.56 Å². The van der Waals surface area contributed by atoms with Gasteiger partial charge in [0.05, 0.1) is 6.10 Å². The Morgan fingerprint density at radius 1 is 1.08 bits per heavy atom. The van der Waals surface area contributed by atoms with Crippen LogP contribution in [-0.2, 0) is 6.42 Å². The lowest BCUT2D eigenvalue weighted by Crippen LogP contribution is -2.46. The third-order valence-corrected chi connectivity index (χ3v) is 5.41. The second-order valence-corrected chi connectivity index (χ2v) is 7.03. The lowest BCUT2D eigenvalue weighted by atomic mass is 10.0. The Labute approximate surface area is 143 Å². The molecule has 0 radical (unpaired) electrons. The second-order valence-electron chi connectivity index (χ2n) is 7.03. The monoisotopic (exact) mass is 323 g/mol. The van der Waals surface area contributed by atoms with Crippen LogP contribution in [0.3, 0.4) is 0 Å². The first-order valence-corrected chi connectivity index (χ1v) is 8.91. The number of nitrogens with one attached hydrogen (secondary N) is 1.